The lowest BCUT2D eigenvalue weighted by Crippen LogP contribution is -2.61. The molecule has 0 saturated heterocycles. The minimum absolute atomic E-state index is 0.00187. The maximum atomic E-state index is 13.4. The number of aromatic nitrogens is 1. The van der Waals surface area contributed by atoms with Crippen molar-refractivity contribution in [2.24, 2.45) is 22.2 Å². The van der Waals surface area contributed by atoms with Gasteiger partial charge in [-0.05, 0) is 38.3 Å². The number of fused-ring (bicyclic) bond motifs is 1. The van der Waals surface area contributed by atoms with Crippen molar-refractivity contribution in [3.63, 3.8) is 0 Å². The Hall–Kier alpha value is -4.21. The summed E-state index contributed by atoms with van der Waals surface area (Å²) in [7, 11) is 0. The highest BCUT2D eigenvalue weighted by Crippen LogP contribution is 2.19. The van der Waals surface area contributed by atoms with Crippen LogP contribution in [0, 0.1) is 0 Å². The number of para-hydroxylation sites is 1. The van der Waals surface area contributed by atoms with Gasteiger partial charge in [0, 0.05) is 30.1 Å². The van der Waals surface area contributed by atoms with Crippen molar-refractivity contribution in [1.29, 1.82) is 0 Å². The molecule has 0 bridgehead atoms. The topological polar surface area (TPSA) is 271 Å². The molecule has 1 aromatic carbocycles. The fraction of sp³-hybridized carbons (Fsp3) is 0.480. The minimum atomic E-state index is -1.68. The summed E-state index contributed by atoms with van der Waals surface area (Å²) in [5.41, 5.74) is 18.1. The number of nitrogens with zero attached hydrogens (tertiary/aromatic N) is 1. The highest BCUT2D eigenvalue weighted by atomic mass is 16.4. The quantitative estimate of drug-likeness (QED) is 0.0613. The van der Waals surface area contributed by atoms with E-state index in [1.807, 2.05) is 24.3 Å². The molecule has 0 fully saturated rings. The molecule has 1 heterocycles. The van der Waals surface area contributed by atoms with Gasteiger partial charge in [0.25, 0.3) is 0 Å². The molecule has 220 valence electrons. The van der Waals surface area contributed by atoms with Gasteiger partial charge in [0.15, 0.2) is 12.0 Å². The van der Waals surface area contributed by atoms with Gasteiger partial charge in [0.2, 0.25) is 17.7 Å². The lowest BCUT2D eigenvalue weighted by Gasteiger charge is -2.27. The molecule has 15 nitrogen and oxygen atoms in total. The van der Waals surface area contributed by atoms with Crippen molar-refractivity contribution in [1.82, 2.24) is 20.9 Å². The molecular weight excluding hydrogens is 524 g/mol. The average molecular weight is 563 g/mol. The Morgan fingerprint density at radius 1 is 0.950 bits per heavy atom. The Balaban J connectivity index is 2.25. The number of carbonyl (C=O) groups is 4. The summed E-state index contributed by atoms with van der Waals surface area (Å²) >= 11 is 0. The van der Waals surface area contributed by atoms with E-state index in [1.54, 1.807) is 6.20 Å². The molecule has 6 unspecified atom stereocenters. The number of aromatic amines is 1. The molecule has 0 aliphatic heterocycles. The molecule has 0 saturated carbocycles. The zero-order valence-corrected chi connectivity index (χ0v) is 22.3. The molecular formula is C25H38N8O7. The van der Waals surface area contributed by atoms with Crippen LogP contribution in [0.25, 0.3) is 10.9 Å². The molecule has 3 amide bonds. The fourth-order valence-electron chi connectivity index (χ4n) is 3.95. The second-order valence-electron chi connectivity index (χ2n) is 9.47. The number of H-pyrrole nitrogens is 1. The van der Waals surface area contributed by atoms with Gasteiger partial charge in [-0.3, -0.25) is 19.4 Å². The Labute approximate surface area is 230 Å². The number of nitrogens with one attached hydrogen (secondary N) is 4. The number of hydrogen-bond donors (Lipinski definition) is 10. The molecule has 0 spiro atoms. The summed E-state index contributed by atoms with van der Waals surface area (Å²) in [6.45, 7) is 2.66. The van der Waals surface area contributed by atoms with Crippen LogP contribution in [0.15, 0.2) is 35.5 Å². The molecule has 2 aromatic rings. The third-order valence-electron chi connectivity index (χ3n) is 6.15. The van der Waals surface area contributed by atoms with Gasteiger partial charge in [0.1, 0.15) is 12.1 Å². The Morgan fingerprint density at radius 2 is 1.57 bits per heavy atom. The van der Waals surface area contributed by atoms with E-state index in [4.69, 9.17) is 17.2 Å². The van der Waals surface area contributed by atoms with Crippen LogP contribution in [-0.4, -0.2) is 92.9 Å². The number of nitrogens with two attached hydrogens (primary N) is 3. The predicted molar refractivity (Wildman–Crippen MR) is 147 cm³/mol. The van der Waals surface area contributed by atoms with Gasteiger partial charge < -0.3 is 53.5 Å². The first kappa shape index (κ1) is 32.0. The van der Waals surface area contributed by atoms with E-state index >= 15 is 0 Å². The van der Waals surface area contributed by atoms with E-state index in [0.717, 1.165) is 10.9 Å². The minimum Gasteiger partial charge on any atom is -0.480 e. The first-order chi connectivity index (χ1) is 18.8. The van der Waals surface area contributed by atoms with E-state index in [0.29, 0.717) is 12.0 Å². The molecule has 6 atom stereocenters. The highest BCUT2D eigenvalue weighted by Gasteiger charge is 2.34. The third-order valence-corrected chi connectivity index (χ3v) is 6.15. The second kappa shape index (κ2) is 14.8. The first-order valence-corrected chi connectivity index (χ1v) is 12.7. The van der Waals surface area contributed by atoms with E-state index < -0.39 is 60.1 Å². The highest BCUT2D eigenvalue weighted by molar-refractivity contribution is 5.95. The summed E-state index contributed by atoms with van der Waals surface area (Å²) in [5, 5.41) is 37.0. The summed E-state index contributed by atoms with van der Waals surface area (Å²) in [6, 6.07) is 1.83. The van der Waals surface area contributed by atoms with Gasteiger partial charge in [0.05, 0.1) is 18.2 Å². The third kappa shape index (κ3) is 9.21. The summed E-state index contributed by atoms with van der Waals surface area (Å²) in [5.74, 6) is -4.09. The number of aliphatic carboxylic acids is 1. The largest absolute Gasteiger partial charge is 0.480 e. The van der Waals surface area contributed by atoms with Crippen LogP contribution < -0.4 is 33.2 Å². The molecule has 0 aliphatic rings. The van der Waals surface area contributed by atoms with Crippen molar-refractivity contribution in [3.05, 3.63) is 36.0 Å². The van der Waals surface area contributed by atoms with Gasteiger partial charge in [-0.15, -0.1) is 0 Å². The van der Waals surface area contributed by atoms with E-state index in [2.05, 4.69) is 25.9 Å². The number of carboxylic acid groups (broad SMARTS) is 1. The number of aliphatic imine (C=N–C) groups is 1. The number of carbonyl (C=O) groups excluding carboxylic acids is 3. The van der Waals surface area contributed by atoms with Crippen molar-refractivity contribution >= 4 is 40.6 Å². The number of amides is 3. The molecule has 0 aliphatic carbocycles. The lowest BCUT2D eigenvalue weighted by molar-refractivity contribution is -0.146. The standard InChI is InChI=1S/C25H38N8O7/c1-12(34)19(23(38)33-20(13(2)35)24(39)40)32-22(37)18(10-14-11-30-17-8-4-3-6-15(14)17)31-21(36)16(26)7-5-9-29-25(27)28/h3-4,6,8,11-13,16,18-20,30,34-35H,5,7,9-10,26H2,1-2H3,(H,31,36)(H,32,37)(H,33,38)(H,39,40)(H4,27,28,29). The molecule has 1 aromatic heterocycles. The van der Waals surface area contributed by atoms with Gasteiger partial charge >= 0.3 is 5.97 Å². The molecule has 13 N–H and O–H groups in total. The van der Waals surface area contributed by atoms with Crippen molar-refractivity contribution < 1.29 is 34.5 Å². The van der Waals surface area contributed by atoms with Crippen LogP contribution in [-0.2, 0) is 25.6 Å². The van der Waals surface area contributed by atoms with E-state index in [9.17, 15) is 34.5 Å². The number of guanidine groups is 1. The normalized spacial score (nSPS) is 15.6. The smallest absolute Gasteiger partial charge is 0.328 e. The predicted octanol–water partition coefficient (Wildman–Crippen LogP) is -2.61. The SMILES string of the molecule is CC(O)C(NC(=O)C(NC(=O)C(Cc1c[nH]c2ccccc12)NC(=O)C(N)CCCN=C(N)N)C(C)O)C(=O)O. The summed E-state index contributed by atoms with van der Waals surface area (Å²) in [4.78, 5) is 57.4. The number of benzene rings is 1. The Bertz CT molecular complexity index is 1210. The zero-order chi connectivity index (χ0) is 30.0. The second-order valence-corrected chi connectivity index (χ2v) is 9.47. The van der Waals surface area contributed by atoms with Crippen LogP contribution in [0.1, 0.15) is 32.3 Å². The molecule has 0 radical (unpaired) electrons. The van der Waals surface area contributed by atoms with Crippen molar-refractivity contribution in [2.75, 3.05) is 6.54 Å². The Morgan fingerprint density at radius 3 is 2.17 bits per heavy atom. The number of rotatable bonds is 15. The van der Waals surface area contributed by atoms with Gasteiger partial charge in [-0.25, -0.2) is 4.79 Å². The van der Waals surface area contributed by atoms with Crippen LogP contribution in [0.4, 0.5) is 0 Å². The van der Waals surface area contributed by atoms with Crippen molar-refractivity contribution in [3.8, 4) is 0 Å². The van der Waals surface area contributed by atoms with Gasteiger partial charge in [-0.2, -0.15) is 0 Å². The number of aliphatic hydroxyl groups is 2. The first-order valence-electron chi connectivity index (χ1n) is 12.7. The monoisotopic (exact) mass is 562 g/mol. The van der Waals surface area contributed by atoms with Crippen LogP contribution in [0.2, 0.25) is 0 Å². The van der Waals surface area contributed by atoms with Crippen LogP contribution >= 0.6 is 0 Å². The Kier molecular flexibility index (Phi) is 11.8. The number of hydrogen-bond acceptors (Lipinski definition) is 8. The lowest BCUT2D eigenvalue weighted by atomic mass is 10.0. The zero-order valence-electron chi connectivity index (χ0n) is 22.3. The number of carboxylic acids is 1. The maximum absolute atomic E-state index is 13.4. The number of aliphatic hydroxyl groups excluding tert-OH is 2. The molecule has 15 heteroatoms. The van der Waals surface area contributed by atoms with Crippen LogP contribution in [0.5, 0.6) is 0 Å². The fourth-order valence-corrected chi connectivity index (χ4v) is 3.95. The molecule has 2 rings (SSSR count). The van der Waals surface area contributed by atoms with Crippen molar-refractivity contribution in [2.45, 2.75) is 69.5 Å². The van der Waals surface area contributed by atoms with Crippen LogP contribution in [0.3, 0.4) is 0 Å². The summed E-state index contributed by atoms with van der Waals surface area (Å²) < 4.78 is 0. The summed E-state index contributed by atoms with van der Waals surface area (Å²) in [6.07, 6.45) is -0.584. The molecule has 40 heavy (non-hydrogen) atoms. The van der Waals surface area contributed by atoms with E-state index in [-0.39, 0.29) is 25.3 Å². The van der Waals surface area contributed by atoms with Gasteiger partial charge in [-0.1, -0.05) is 18.2 Å². The van der Waals surface area contributed by atoms with E-state index in [1.165, 1.54) is 13.8 Å². The average Bonchev–Trinajstić information content (AvgIpc) is 3.29. The maximum Gasteiger partial charge on any atom is 0.328 e.